The van der Waals surface area contributed by atoms with Crippen molar-refractivity contribution in [3.8, 4) is 5.75 Å². The van der Waals surface area contributed by atoms with E-state index >= 15 is 0 Å². The van der Waals surface area contributed by atoms with Crippen molar-refractivity contribution in [2.45, 2.75) is 26.8 Å². The number of hydrogen-bond acceptors (Lipinski definition) is 3. The maximum Gasteiger partial charge on any atom is 0.236 e. The Labute approximate surface area is 115 Å². The molecule has 0 atom stereocenters. The maximum absolute atomic E-state index is 12.0. The fourth-order valence-electron chi connectivity index (χ4n) is 1.81. The third-order valence-corrected chi connectivity index (χ3v) is 2.97. The number of ether oxygens (including phenoxy) is 1. The first-order chi connectivity index (χ1) is 9.21. The topological polar surface area (TPSA) is 41.6 Å². The Morgan fingerprint density at radius 3 is 2.47 bits per heavy atom. The van der Waals surface area contributed by atoms with E-state index in [9.17, 15) is 4.79 Å². The Kier molecular flexibility index (Phi) is 6.97. The summed E-state index contributed by atoms with van der Waals surface area (Å²) in [6.45, 7) is 6.75. The molecule has 0 heterocycles. The summed E-state index contributed by atoms with van der Waals surface area (Å²) in [5, 5.41) is 3.14. The summed E-state index contributed by atoms with van der Waals surface area (Å²) in [6, 6.07) is 7.83. The van der Waals surface area contributed by atoms with E-state index in [2.05, 4.69) is 12.2 Å². The summed E-state index contributed by atoms with van der Waals surface area (Å²) in [7, 11) is 1.65. The predicted molar refractivity (Wildman–Crippen MR) is 77.2 cm³/mol. The van der Waals surface area contributed by atoms with Crippen LogP contribution < -0.4 is 10.1 Å². The highest BCUT2D eigenvalue weighted by atomic mass is 16.5. The van der Waals surface area contributed by atoms with Gasteiger partial charge in [-0.2, -0.15) is 0 Å². The number of nitrogens with zero attached hydrogens (tertiary/aromatic N) is 1. The first kappa shape index (κ1) is 15.5. The normalized spacial score (nSPS) is 10.3. The van der Waals surface area contributed by atoms with Gasteiger partial charge in [0, 0.05) is 13.1 Å². The monoisotopic (exact) mass is 264 g/mol. The fraction of sp³-hybridized carbons (Fsp3) is 0.533. The van der Waals surface area contributed by atoms with Gasteiger partial charge in [-0.1, -0.05) is 19.1 Å². The van der Waals surface area contributed by atoms with Gasteiger partial charge in [-0.15, -0.1) is 0 Å². The highest BCUT2D eigenvalue weighted by Crippen LogP contribution is 2.12. The number of amides is 1. The second-order valence-corrected chi connectivity index (χ2v) is 4.43. The Morgan fingerprint density at radius 2 is 1.95 bits per heavy atom. The van der Waals surface area contributed by atoms with Crippen molar-refractivity contribution in [2.75, 3.05) is 26.7 Å². The molecule has 0 aliphatic rings. The molecule has 106 valence electrons. The van der Waals surface area contributed by atoms with Crippen LogP contribution in [-0.4, -0.2) is 37.6 Å². The lowest BCUT2D eigenvalue weighted by molar-refractivity contribution is -0.130. The zero-order chi connectivity index (χ0) is 14.1. The summed E-state index contributed by atoms with van der Waals surface area (Å²) in [6.07, 6.45) is 1.04. The van der Waals surface area contributed by atoms with E-state index in [0.717, 1.165) is 30.8 Å². The molecule has 1 amide bonds. The second-order valence-electron chi connectivity index (χ2n) is 4.43. The van der Waals surface area contributed by atoms with E-state index in [0.29, 0.717) is 13.1 Å². The number of carbonyl (C=O) groups excluding carboxylic acids is 1. The summed E-state index contributed by atoms with van der Waals surface area (Å²) in [5.41, 5.74) is 1.12. The number of methoxy groups -OCH3 is 1. The van der Waals surface area contributed by atoms with Gasteiger partial charge < -0.3 is 15.0 Å². The minimum Gasteiger partial charge on any atom is -0.497 e. The molecule has 1 aromatic carbocycles. The minimum atomic E-state index is 0.145. The molecule has 0 bridgehead atoms. The van der Waals surface area contributed by atoms with Crippen LogP contribution in [0.25, 0.3) is 0 Å². The molecule has 0 aliphatic carbocycles. The van der Waals surface area contributed by atoms with E-state index in [4.69, 9.17) is 4.74 Å². The number of likely N-dealkylation sites (N-methyl/N-ethyl adjacent to an activating group) is 1. The molecule has 0 aromatic heterocycles. The third-order valence-electron chi connectivity index (χ3n) is 2.97. The quantitative estimate of drug-likeness (QED) is 0.731. The molecule has 0 fully saturated rings. The van der Waals surface area contributed by atoms with Crippen molar-refractivity contribution in [3.05, 3.63) is 29.8 Å². The van der Waals surface area contributed by atoms with Crippen molar-refractivity contribution in [1.29, 1.82) is 0 Å². The molecule has 4 heteroatoms. The van der Waals surface area contributed by atoms with Gasteiger partial charge in [-0.05, 0) is 37.6 Å². The van der Waals surface area contributed by atoms with Gasteiger partial charge in [0.15, 0.2) is 0 Å². The van der Waals surface area contributed by atoms with Gasteiger partial charge in [0.2, 0.25) is 5.91 Å². The Morgan fingerprint density at radius 1 is 1.26 bits per heavy atom. The SMILES string of the molecule is CCCNCC(=O)N(CC)Cc1ccc(OC)cc1. The predicted octanol–water partition coefficient (Wildman–Crippen LogP) is 2.04. The molecular weight excluding hydrogens is 240 g/mol. The lowest BCUT2D eigenvalue weighted by atomic mass is 10.2. The maximum atomic E-state index is 12.0. The average Bonchev–Trinajstić information content (AvgIpc) is 2.45. The molecule has 4 nitrogen and oxygen atoms in total. The van der Waals surface area contributed by atoms with Gasteiger partial charge >= 0.3 is 0 Å². The largest absolute Gasteiger partial charge is 0.497 e. The highest BCUT2D eigenvalue weighted by Gasteiger charge is 2.11. The number of benzene rings is 1. The lowest BCUT2D eigenvalue weighted by Gasteiger charge is -2.21. The fourth-order valence-corrected chi connectivity index (χ4v) is 1.81. The van der Waals surface area contributed by atoms with Gasteiger partial charge in [0.05, 0.1) is 13.7 Å². The number of rotatable bonds is 8. The van der Waals surface area contributed by atoms with E-state index in [1.807, 2.05) is 36.1 Å². The molecule has 1 N–H and O–H groups in total. The zero-order valence-electron chi connectivity index (χ0n) is 12.1. The van der Waals surface area contributed by atoms with Gasteiger partial charge in [-0.25, -0.2) is 0 Å². The first-order valence-electron chi connectivity index (χ1n) is 6.82. The average molecular weight is 264 g/mol. The smallest absolute Gasteiger partial charge is 0.236 e. The van der Waals surface area contributed by atoms with Gasteiger partial charge in [0.1, 0.15) is 5.75 Å². The summed E-state index contributed by atoms with van der Waals surface area (Å²) < 4.78 is 5.12. The highest BCUT2D eigenvalue weighted by molar-refractivity contribution is 5.78. The van der Waals surface area contributed by atoms with E-state index in [-0.39, 0.29) is 5.91 Å². The Bertz CT molecular complexity index is 376. The number of carbonyl (C=O) groups is 1. The van der Waals surface area contributed by atoms with E-state index in [1.54, 1.807) is 7.11 Å². The second kappa shape index (κ2) is 8.53. The van der Waals surface area contributed by atoms with Crippen LogP contribution in [0.1, 0.15) is 25.8 Å². The van der Waals surface area contributed by atoms with Crippen LogP contribution >= 0.6 is 0 Å². The van der Waals surface area contributed by atoms with Crippen molar-refractivity contribution < 1.29 is 9.53 Å². The standard InChI is InChI=1S/C15H24N2O2/c1-4-10-16-11-15(18)17(5-2)12-13-6-8-14(19-3)9-7-13/h6-9,16H,4-5,10-12H2,1-3H3. The summed E-state index contributed by atoms with van der Waals surface area (Å²) in [5.74, 6) is 0.981. The Balaban J connectivity index is 2.52. The molecule has 0 aliphatic heterocycles. The van der Waals surface area contributed by atoms with Crippen LogP contribution in [-0.2, 0) is 11.3 Å². The Hall–Kier alpha value is -1.55. The van der Waals surface area contributed by atoms with Crippen LogP contribution in [0.3, 0.4) is 0 Å². The zero-order valence-corrected chi connectivity index (χ0v) is 12.1. The van der Waals surface area contributed by atoms with Crippen LogP contribution in [0.15, 0.2) is 24.3 Å². The molecule has 0 unspecified atom stereocenters. The number of hydrogen-bond donors (Lipinski definition) is 1. The van der Waals surface area contributed by atoms with E-state index in [1.165, 1.54) is 0 Å². The summed E-state index contributed by atoms with van der Waals surface area (Å²) in [4.78, 5) is 13.9. The van der Waals surface area contributed by atoms with Crippen LogP contribution in [0.4, 0.5) is 0 Å². The van der Waals surface area contributed by atoms with Crippen LogP contribution in [0.5, 0.6) is 5.75 Å². The van der Waals surface area contributed by atoms with E-state index < -0.39 is 0 Å². The van der Waals surface area contributed by atoms with Crippen molar-refractivity contribution in [3.63, 3.8) is 0 Å². The lowest BCUT2D eigenvalue weighted by Crippen LogP contribution is -2.37. The van der Waals surface area contributed by atoms with Crippen molar-refractivity contribution >= 4 is 5.91 Å². The third kappa shape index (κ3) is 5.30. The molecule has 0 saturated carbocycles. The number of nitrogens with one attached hydrogen (secondary N) is 1. The molecule has 1 aromatic rings. The minimum absolute atomic E-state index is 0.145. The first-order valence-corrected chi connectivity index (χ1v) is 6.82. The molecule has 1 rings (SSSR count). The molecule has 19 heavy (non-hydrogen) atoms. The van der Waals surface area contributed by atoms with Crippen molar-refractivity contribution in [1.82, 2.24) is 10.2 Å². The molecule has 0 spiro atoms. The van der Waals surface area contributed by atoms with Crippen molar-refractivity contribution in [2.24, 2.45) is 0 Å². The molecule has 0 radical (unpaired) electrons. The van der Waals surface area contributed by atoms with Crippen LogP contribution in [0, 0.1) is 0 Å². The molecular formula is C15H24N2O2. The van der Waals surface area contributed by atoms with Gasteiger partial charge in [0.25, 0.3) is 0 Å². The summed E-state index contributed by atoms with van der Waals surface area (Å²) >= 11 is 0. The van der Waals surface area contributed by atoms with Gasteiger partial charge in [-0.3, -0.25) is 4.79 Å². The molecule has 0 saturated heterocycles. The van der Waals surface area contributed by atoms with Crippen LogP contribution in [0.2, 0.25) is 0 Å².